The van der Waals surface area contributed by atoms with E-state index < -0.39 is 17.8 Å². The van der Waals surface area contributed by atoms with Crippen molar-refractivity contribution >= 4 is 17.6 Å². The lowest BCUT2D eigenvalue weighted by molar-refractivity contribution is -0.892. The van der Waals surface area contributed by atoms with E-state index in [0.717, 1.165) is 42.7 Å². The highest BCUT2D eigenvalue weighted by Gasteiger charge is 2.31. The zero-order valence-corrected chi connectivity index (χ0v) is 15.6. The van der Waals surface area contributed by atoms with Crippen LogP contribution in [0.3, 0.4) is 0 Å². The zero-order chi connectivity index (χ0) is 20.1. The van der Waals surface area contributed by atoms with E-state index in [4.69, 9.17) is 0 Å². The molecular weight excluding hydrogens is 373 g/mol. The minimum Gasteiger partial charge on any atom is -0.360 e. The first kappa shape index (κ1) is 20.4. The van der Waals surface area contributed by atoms with Crippen LogP contribution in [-0.2, 0) is 11.0 Å². The first-order valence-electron chi connectivity index (χ1n) is 9.67. The number of alkyl halides is 3. The molecule has 6 nitrogen and oxygen atoms in total. The normalized spacial score (nSPS) is 18.9. The number of hydrogen-bond donors (Lipinski definition) is 3. The Bertz CT molecular complexity index is 697. The van der Waals surface area contributed by atoms with E-state index in [0.29, 0.717) is 31.9 Å². The van der Waals surface area contributed by atoms with Gasteiger partial charge in [0.25, 0.3) is 5.91 Å². The third-order valence-electron chi connectivity index (χ3n) is 5.36. The molecule has 3 amide bonds. The lowest BCUT2D eigenvalue weighted by atomic mass is 10.1. The first-order chi connectivity index (χ1) is 13.3. The van der Waals surface area contributed by atoms with Crippen molar-refractivity contribution in [2.75, 3.05) is 37.6 Å². The summed E-state index contributed by atoms with van der Waals surface area (Å²) in [6, 6.07) is 5.00. The summed E-state index contributed by atoms with van der Waals surface area (Å²) in [4.78, 5) is 26.8. The van der Waals surface area contributed by atoms with Crippen LogP contribution in [0.2, 0.25) is 0 Å². The molecule has 28 heavy (non-hydrogen) atoms. The van der Waals surface area contributed by atoms with Crippen molar-refractivity contribution in [1.82, 2.24) is 10.6 Å². The number of piperazine rings is 1. The molecule has 2 aliphatic rings. The van der Waals surface area contributed by atoms with Crippen LogP contribution in [0.5, 0.6) is 0 Å². The second-order valence-corrected chi connectivity index (χ2v) is 7.46. The van der Waals surface area contributed by atoms with Gasteiger partial charge in [-0.1, -0.05) is 18.9 Å². The molecule has 1 aromatic carbocycles. The maximum atomic E-state index is 12.9. The molecule has 1 saturated heterocycles. The van der Waals surface area contributed by atoms with Crippen molar-refractivity contribution in [1.29, 1.82) is 0 Å². The number of hydrogen-bond acceptors (Lipinski definition) is 3. The Kier molecular flexibility index (Phi) is 6.43. The van der Waals surface area contributed by atoms with Crippen LogP contribution in [0.4, 0.5) is 23.7 Å². The fraction of sp³-hybridized carbons (Fsp3) is 0.579. The van der Waals surface area contributed by atoms with Gasteiger partial charge in [-0.25, -0.2) is 4.79 Å². The summed E-state index contributed by atoms with van der Waals surface area (Å²) in [5, 5.41) is 5.19. The lowest BCUT2D eigenvalue weighted by Crippen LogP contribution is -3.16. The van der Waals surface area contributed by atoms with Gasteiger partial charge in [-0.15, -0.1) is 0 Å². The van der Waals surface area contributed by atoms with E-state index in [1.54, 1.807) is 6.07 Å². The van der Waals surface area contributed by atoms with E-state index in [-0.39, 0.29) is 18.5 Å². The van der Waals surface area contributed by atoms with E-state index in [1.807, 2.05) is 4.90 Å². The average Bonchev–Trinajstić information content (AvgIpc) is 3.14. The number of urea groups is 1. The van der Waals surface area contributed by atoms with Crippen LogP contribution in [0.1, 0.15) is 31.2 Å². The number of carbonyl (C=O) groups excluding carboxylic acids is 2. The Balaban J connectivity index is 1.43. The standard InChI is InChI=1S/C19H25F3N4O2/c20-19(21,22)14-4-3-7-16(12-14)26-10-8-25(9-11-26)13-17(27)24-18(28)23-15-5-1-2-6-15/h3-4,7,12,15H,1-2,5-6,8-11,13H2,(H2,23,24,27,28)/p+1. The van der Waals surface area contributed by atoms with Gasteiger partial charge in [0.1, 0.15) is 0 Å². The Hall–Kier alpha value is -2.29. The highest BCUT2D eigenvalue weighted by molar-refractivity contribution is 5.94. The molecule has 0 aromatic heterocycles. The number of anilines is 1. The molecule has 1 aliphatic carbocycles. The Morgan fingerprint density at radius 1 is 1.14 bits per heavy atom. The van der Waals surface area contributed by atoms with Crippen LogP contribution < -0.4 is 20.4 Å². The molecule has 1 saturated carbocycles. The SMILES string of the molecule is O=C(C[NH+]1CCN(c2cccc(C(F)(F)F)c2)CC1)NC(=O)NC1CCCC1. The van der Waals surface area contributed by atoms with Crippen molar-refractivity contribution in [2.45, 2.75) is 37.9 Å². The summed E-state index contributed by atoms with van der Waals surface area (Å²) in [7, 11) is 0. The van der Waals surface area contributed by atoms with Crippen LogP contribution in [0, 0.1) is 0 Å². The van der Waals surface area contributed by atoms with E-state index in [2.05, 4.69) is 10.6 Å². The van der Waals surface area contributed by atoms with Crippen LogP contribution in [0.25, 0.3) is 0 Å². The van der Waals surface area contributed by atoms with Crippen molar-refractivity contribution in [3.63, 3.8) is 0 Å². The maximum absolute atomic E-state index is 12.9. The summed E-state index contributed by atoms with van der Waals surface area (Å²) >= 11 is 0. The second kappa shape index (κ2) is 8.81. The molecule has 0 atom stereocenters. The molecule has 0 bridgehead atoms. The quantitative estimate of drug-likeness (QED) is 0.713. The van der Waals surface area contributed by atoms with Gasteiger partial charge < -0.3 is 15.1 Å². The number of rotatable bonds is 4. The Morgan fingerprint density at radius 2 is 1.82 bits per heavy atom. The number of benzene rings is 1. The molecule has 9 heteroatoms. The van der Waals surface area contributed by atoms with E-state index in [1.165, 1.54) is 6.07 Å². The van der Waals surface area contributed by atoms with E-state index in [9.17, 15) is 22.8 Å². The summed E-state index contributed by atoms with van der Waals surface area (Å²) in [5.74, 6) is -0.335. The first-order valence-corrected chi connectivity index (χ1v) is 9.67. The average molecular weight is 399 g/mol. The molecule has 2 fully saturated rings. The van der Waals surface area contributed by atoms with Gasteiger partial charge in [0.2, 0.25) is 0 Å². The highest BCUT2D eigenvalue weighted by Crippen LogP contribution is 2.31. The summed E-state index contributed by atoms with van der Waals surface area (Å²) in [6.45, 7) is 2.52. The number of halogens is 3. The topological polar surface area (TPSA) is 65.9 Å². The molecule has 1 heterocycles. The number of quaternary nitrogens is 1. The predicted octanol–water partition coefficient (Wildman–Crippen LogP) is 1.18. The molecule has 1 aromatic rings. The van der Waals surface area contributed by atoms with Gasteiger partial charge in [-0.3, -0.25) is 10.1 Å². The summed E-state index contributed by atoms with van der Waals surface area (Å²) < 4.78 is 38.6. The number of nitrogens with zero attached hydrogens (tertiary/aromatic N) is 1. The van der Waals surface area contributed by atoms with Crippen molar-refractivity contribution in [2.24, 2.45) is 0 Å². The van der Waals surface area contributed by atoms with Gasteiger partial charge in [0.05, 0.1) is 31.7 Å². The number of imide groups is 1. The lowest BCUT2D eigenvalue weighted by Gasteiger charge is -2.33. The van der Waals surface area contributed by atoms with Crippen molar-refractivity contribution < 1.29 is 27.7 Å². The molecular formula is C19H26F3N4O2+. The van der Waals surface area contributed by atoms with Gasteiger partial charge in [0.15, 0.2) is 6.54 Å². The third-order valence-corrected chi connectivity index (χ3v) is 5.36. The maximum Gasteiger partial charge on any atom is 0.416 e. The van der Waals surface area contributed by atoms with Crippen LogP contribution in [-0.4, -0.2) is 50.7 Å². The summed E-state index contributed by atoms with van der Waals surface area (Å²) in [5.41, 5.74) is -0.123. The largest absolute Gasteiger partial charge is 0.416 e. The number of carbonyl (C=O) groups is 2. The monoisotopic (exact) mass is 399 g/mol. The van der Waals surface area contributed by atoms with Crippen molar-refractivity contribution in [3.8, 4) is 0 Å². The molecule has 3 N–H and O–H groups in total. The molecule has 0 spiro atoms. The van der Waals surface area contributed by atoms with Gasteiger partial charge >= 0.3 is 12.2 Å². The third kappa shape index (κ3) is 5.60. The van der Waals surface area contributed by atoms with Crippen LogP contribution >= 0.6 is 0 Å². The molecule has 0 unspecified atom stereocenters. The minimum atomic E-state index is -4.36. The number of nitrogens with one attached hydrogen (secondary N) is 3. The van der Waals surface area contributed by atoms with Crippen LogP contribution in [0.15, 0.2) is 24.3 Å². The fourth-order valence-corrected chi connectivity index (χ4v) is 3.83. The minimum absolute atomic E-state index is 0.149. The smallest absolute Gasteiger partial charge is 0.360 e. The second-order valence-electron chi connectivity index (χ2n) is 7.46. The highest BCUT2D eigenvalue weighted by atomic mass is 19.4. The molecule has 0 radical (unpaired) electrons. The van der Waals surface area contributed by atoms with E-state index >= 15 is 0 Å². The molecule has 3 rings (SSSR count). The van der Waals surface area contributed by atoms with Gasteiger partial charge in [-0.05, 0) is 31.0 Å². The number of amides is 3. The van der Waals surface area contributed by atoms with Gasteiger partial charge in [-0.2, -0.15) is 13.2 Å². The zero-order valence-electron chi connectivity index (χ0n) is 15.6. The molecule has 154 valence electrons. The Labute approximate surface area is 162 Å². The summed E-state index contributed by atoms with van der Waals surface area (Å²) in [6.07, 6.45) is -0.270. The Morgan fingerprint density at radius 3 is 2.46 bits per heavy atom. The predicted molar refractivity (Wildman–Crippen MR) is 98.2 cm³/mol. The molecule has 1 aliphatic heterocycles. The van der Waals surface area contributed by atoms with Crippen molar-refractivity contribution in [3.05, 3.63) is 29.8 Å². The fourth-order valence-electron chi connectivity index (χ4n) is 3.83. The van der Waals surface area contributed by atoms with Gasteiger partial charge in [0, 0.05) is 11.7 Å².